The molecule has 7 nitrogen and oxygen atoms in total. The van der Waals surface area contributed by atoms with Gasteiger partial charge in [0.15, 0.2) is 5.96 Å². The molecule has 0 radical (unpaired) electrons. The summed E-state index contributed by atoms with van der Waals surface area (Å²) in [6, 6.07) is 0. The Balaban J connectivity index is 1.22. The van der Waals surface area contributed by atoms with Crippen molar-refractivity contribution in [1.82, 2.24) is 25.0 Å². The molecular formula is C25H44N6O. The molecule has 0 spiro atoms. The van der Waals surface area contributed by atoms with Gasteiger partial charge in [0.05, 0.1) is 12.2 Å². The van der Waals surface area contributed by atoms with Crippen LogP contribution in [0, 0.1) is 25.7 Å². The van der Waals surface area contributed by atoms with Crippen molar-refractivity contribution in [3.63, 3.8) is 0 Å². The summed E-state index contributed by atoms with van der Waals surface area (Å²) in [5.41, 5.74) is 1.01. The van der Waals surface area contributed by atoms with Gasteiger partial charge in [-0.05, 0) is 90.9 Å². The number of nitrogens with zero attached hydrogens (tertiary/aromatic N) is 5. The smallest absolute Gasteiger partial charge is 0.208 e. The van der Waals surface area contributed by atoms with Crippen molar-refractivity contribution in [2.75, 3.05) is 58.9 Å². The maximum absolute atomic E-state index is 5.77. The minimum Gasteiger partial charge on any atom is -0.444 e. The SMILES string of the molecule is CCNC(=NCC1CCN(Cc2nc(C)c(C)o2)CC1)N1CCC(CN2CCCCC2)C1. The monoisotopic (exact) mass is 444 g/mol. The minimum atomic E-state index is 0.680. The van der Waals surface area contributed by atoms with Gasteiger partial charge in [-0.15, -0.1) is 0 Å². The van der Waals surface area contributed by atoms with Crippen LogP contribution in [0.3, 0.4) is 0 Å². The summed E-state index contributed by atoms with van der Waals surface area (Å²) in [4.78, 5) is 17.3. The molecule has 0 aromatic carbocycles. The first kappa shape index (κ1) is 23.6. The molecule has 4 rings (SSSR count). The fourth-order valence-corrected chi connectivity index (χ4v) is 5.45. The van der Waals surface area contributed by atoms with Gasteiger partial charge in [0.1, 0.15) is 5.76 Å². The number of hydrogen-bond acceptors (Lipinski definition) is 5. The largest absolute Gasteiger partial charge is 0.444 e. The van der Waals surface area contributed by atoms with Crippen molar-refractivity contribution in [1.29, 1.82) is 0 Å². The van der Waals surface area contributed by atoms with Gasteiger partial charge in [0.25, 0.3) is 0 Å². The molecule has 7 heteroatoms. The van der Waals surface area contributed by atoms with Gasteiger partial charge in [-0.1, -0.05) is 6.42 Å². The highest BCUT2D eigenvalue weighted by molar-refractivity contribution is 5.80. The number of nitrogens with one attached hydrogen (secondary N) is 1. The van der Waals surface area contributed by atoms with Crippen LogP contribution in [0.5, 0.6) is 0 Å². The quantitative estimate of drug-likeness (QED) is 0.514. The zero-order valence-electron chi connectivity index (χ0n) is 20.6. The lowest BCUT2D eigenvalue weighted by molar-refractivity contribution is 0.166. The van der Waals surface area contributed by atoms with E-state index < -0.39 is 0 Å². The van der Waals surface area contributed by atoms with Gasteiger partial charge < -0.3 is 19.5 Å². The fourth-order valence-electron chi connectivity index (χ4n) is 5.45. The van der Waals surface area contributed by atoms with Crippen LogP contribution in [0.15, 0.2) is 9.41 Å². The third kappa shape index (κ3) is 6.47. The molecule has 0 saturated carbocycles. The number of oxazole rings is 1. The predicted molar refractivity (Wildman–Crippen MR) is 130 cm³/mol. The van der Waals surface area contributed by atoms with E-state index in [1.54, 1.807) is 0 Å². The predicted octanol–water partition coefficient (Wildman–Crippen LogP) is 3.28. The standard InChI is InChI=1S/C25H44N6O/c1-4-26-25(31-15-10-23(18-31)17-29-11-6-5-7-12-29)27-16-22-8-13-30(14-9-22)19-24-28-20(2)21(3)32-24/h22-23H,4-19H2,1-3H3,(H,26,27). The average molecular weight is 445 g/mol. The molecule has 0 bridgehead atoms. The van der Waals surface area contributed by atoms with E-state index in [0.717, 1.165) is 75.0 Å². The number of rotatable bonds is 7. The molecule has 1 atom stereocenters. The van der Waals surface area contributed by atoms with Crippen LogP contribution in [0.1, 0.15) is 62.8 Å². The van der Waals surface area contributed by atoms with E-state index in [2.05, 4.69) is 31.9 Å². The van der Waals surface area contributed by atoms with Crippen molar-refractivity contribution >= 4 is 5.96 Å². The van der Waals surface area contributed by atoms with E-state index in [1.165, 1.54) is 58.2 Å². The molecule has 180 valence electrons. The molecule has 1 unspecified atom stereocenters. The molecule has 32 heavy (non-hydrogen) atoms. The van der Waals surface area contributed by atoms with Crippen LogP contribution in [0.25, 0.3) is 0 Å². The van der Waals surface area contributed by atoms with Crippen LogP contribution in [0.2, 0.25) is 0 Å². The maximum Gasteiger partial charge on any atom is 0.208 e. The highest BCUT2D eigenvalue weighted by Gasteiger charge is 2.27. The fraction of sp³-hybridized carbons (Fsp3) is 0.840. The molecule has 3 fully saturated rings. The number of aromatic nitrogens is 1. The van der Waals surface area contributed by atoms with Crippen LogP contribution >= 0.6 is 0 Å². The van der Waals surface area contributed by atoms with Crippen LogP contribution in [-0.4, -0.2) is 84.5 Å². The lowest BCUT2D eigenvalue weighted by Crippen LogP contribution is -2.42. The van der Waals surface area contributed by atoms with Crippen molar-refractivity contribution in [3.05, 3.63) is 17.3 Å². The van der Waals surface area contributed by atoms with Gasteiger partial charge in [0.2, 0.25) is 5.89 Å². The van der Waals surface area contributed by atoms with Crippen LogP contribution in [0.4, 0.5) is 0 Å². The highest BCUT2D eigenvalue weighted by atomic mass is 16.4. The van der Waals surface area contributed by atoms with E-state index in [4.69, 9.17) is 9.41 Å². The van der Waals surface area contributed by atoms with Crippen molar-refractivity contribution < 1.29 is 4.42 Å². The van der Waals surface area contributed by atoms with Gasteiger partial charge in [-0.2, -0.15) is 0 Å². The Morgan fingerprint density at radius 2 is 1.75 bits per heavy atom. The zero-order chi connectivity index (χ0) is 22.3. The van der Waals surface area contributed by atoms with E-state index in [0.29, 0.717) is 5.92 Å². The van der Waals surface area contributed by atoms with E-state index in [-0.39, 0.29) is 0 Å². The first-order valence-corrected chi connectivity index (χ1v) is 13.0. The van der Waals surface area contributed by atoms with Gasteiger partial charge in [0, 0.05) is 32.7 Å². The summed E-state index contributed by atoms with van der Waals surface area (Å²) in [5, 5.41) is 3.57. The zero-order valence-corrected chi connectivity index (χ0v) is 20.6. The molecule has 1 aromatic rings. The lowest BCUT2D eigenvalue weighted by Gasteiger charge is -2.31. The first-order valence-electron chi connectivity index (χ1n) is 13.0. The molecule has 4 heterocycles. The first-order chi connectivity index (χ1) is 15.6. The Labute approximate surface area is 194 Å². The Hall–Kier alpha value is -1.60. The van der Waals surface area contributed by atoms with Gasteiger partial charge >= 0.3 is 0 Å². The number of hydrogen-bond donors (Lipinski definition) is 1. The number of aliphatic imine (C=N–C) groups is 1. The number of likely N-dealkylation sites (tertiary alicyclic amines) is 3. The normalized spacial score (nSPS) is 24.4. The molecule has 1 aromatic heterocycles. The summed E-state index contributed by atoms with van der Waals surface area (Å²) in [7, 11) is 0. The van der Waals surface area contributed by atoms with Crippen molar-refractivity contribution in [3.8, 4) is 0 Å². The number of aryl methyl sites for hydroxylation is 2. The van der Waals surface area contributed by atoms with E-state index >= 15 is 0 Å². The third-order valence-corrected chi connectivity index (χ3v) is 7.52. The molecular weight excluding hydrogens is 400 g/mol. The molecule has 3 saturated heterocycles. The Bertz CT molecular complexity index is 713. The highest BCUT2D eigenvalue weighted by Crippen LogP contribution is 2.22. The summed E-state index contributed by atoms with van der Waals surface area (Å²) >= 11 is 0. The van der Waals surface area contributed by atoms with Crippen LogP contribution in [-0.2, 0) is 6.54 Å². The van der Waals surface area contributed by atoms with E-state index in [1.807, 2.05) is 13.8 Å². The molecule has 0 amide bonds. The molecule has 3 aliphatic rings. The maximum atomic E-state index is 5.77. The van der Waals surface area contributed by atoms with Crippen molar-refractivity contribution in [2.24, 2.45) is 16.8 Å². The second kappa shape index (κ2) is 11.5. The Morgan fingerprint density at radius 3 is 2.44 bits per heavy atom. The number of piperidine rings is 2. The summed E-state index contributed by atoms with van der Waals surface area (Å²) < 4.78 is 5.77. The second-order valence-corrected chi connectivity index (χ2v) is 10.1. The van der Waals surface area contributed by atoms with Crippen LogP contribution < -0.4 is 5.32 Å². The summed E-state index contributed by atoms with van der Waals surface area (Å²) in [6.07, 6.45) is 7.91. The number of guanidine groups is 1. The average Bonchev–Trinajstić information content (AvgIpc) is 3.38. The summed E-state index contributed by atoms with van der Waals surface area (Å²) in [6.45, 7) is 17.3. The van der Waals surface area contributed by atoms with E-state index in [9.17, 15) is 0 Å². The topological polar surface area (TPSA) is 60.1 Å². The summed E-state index contributed by atoms with van der Waals surface area (Å²) in [5.74, 6) is 4.42. The Kier molecular flexibility index (Phi) is 8.47. The van der Waals surface area contributed by atoms with Gasteiger partial charge in [-0.25, -0.2) is 4.98 Å². The second-order valence-electron chi connectivity index (χ2n) is 10.1. The Morgan fingerprint density at radius 1 is 1.00 bits per heavy atom. The van der Waals surface area contributed by atoms with Crippen molar-refractivity contribution in [2.45, 2.75) is 65.8 Å². The molecule has 0 aliphatic carbocycles. The minimum absolute atomic E-state index is 0.680. The molecule has 3 aliphatic heterocycles. The molecule has 1 N–H and O–H groups in total. The third-order valence-electron chi connectivity index (χ3n) is 7.52. The lowest BCUT2D eigenvalue weighted by atomic mass is 9.97. The van der Waals surface area contributed by atoms with Gasteiger partial charge in [-0.3, -0.25) is 9.89 Å².